The maximum absolute atomic E-state index is 13.5. The van der Waals surface area contributed by atoms with E-state index in [9.17, 15) is 4.79 Å². The van der Waals surface area contributed by atoms with Crippen LogP contribution in [-0.4, -0.2) is 15.9 Å². The lowest BCUT2D eigenvalue weighted by Gasteiger charge is -2.14. The standard InChI is InChI=1S/C29H25N3OS/c1-18(2)20-13-15-21(16-14-20)25-17-34-29(31-25)32-28(33)26-19(3)27(22-9-5-4-6-10-22)30-24-12-8-7-11-23(24)26/h4-18H,1-3H3,(H,31,32,33). The molecule has 168 valence electrons. The third-order valence-electron chi connectivity index (χ3n) is 6.01. The second-order valence-corrected chi connectivity index (χ2v) is 9.47. The highest BCUT2D eigenvalue weighted by Crippen LogP contribution is 2.31. The van der Waals surface area contributed by atoms with Crippen LogP contribution >= 0.6 is 11.3 Å². The van der Waals surface area contributed by atoms with Gasteiger partial charge in [0.1, 0.15) is 0 Å². The van der Waals surface area contributed by atoms with E-state index < -0.39 is 0 Å². The monoisotopic (exact) mass is 463 g/mol. The molecule has 5 heteroatoms. The quantitative estimate of drug-likeness (QED) is 0.290. The number of nitrogens with zero attached hydrogens (tertiary/aromatic N) is 2. The van der Waals surface area contributed by atoms with Crippen molar-refractivity contribution in [1.82, 2.24) is 9.97 Å². The number of benzene rings is 3. The summed E-state index contributed by atoms with van der Waals surface area (Å²) in [7, 11) is 0. The van der Waals surface area contributed by atoms with E-state index in [1.807, 2.05) is 66.9 Å². The zero-order chi connectivity index (χ0) is 23.7. The first-order valence-corrected chi connectivity index (χ1v) is 12.2. The van der Waals surface area contributed by atoms with Crippen LogP contribution in [-0.2, 0) is 0 Å². The van der Waals surface area contributed by atoms with Crippen LogP contribution < -0.4 is 5.32 Å². The molecule has 0 saturated carbocycles. The fourth-order valence-corrected chi connectivity index (χ4v) is 4.85. The molecule has 0 bridgehead atoms. The maximum atomic E-state index is 13.5. The third kappa shape index (κ3) is 4.22. The second-order valence-electron chi connectivity index (χ2n) is 8.61. The fourth-order valence-electron chi connectivity index (χ4n) is 4.14. The summed E-state index contributed by atoms with van der Waals surface area (Å²) in [6.07, 6.45) is 0. The summed E-state index contributed by atoms with van der Waals surface area (Å²) in [6, 6.07) is 26.2. The van der Waals surface area contributed by atoms with E-state index in [-0.39, 0.29) is 5.91 Å². The zero-order valence-corrected chi connectivity index (χ0v) is 20.2. The van der Waals surface area contributed by atoms with Gasteiger partial charge in [0.05, 0.1) is 22.5 Å². The van der Waals surface area contributed by atoms with Crippen LogP contribution in [0.25, 0.3) is 33.4 Å². The molecule has 0 aliphatic rings. The van der Waals surface area contributed by atoms with Gasteiger partial charge in [-0.1, -0.05) is 86.6 Å². The normalized spacial score (nSPS) is 11.2. The predicted octanol–water partition coefficient (Wildman–Crippen LogP) is 7.71. The van der Waals surface area contributed by atoms with Crippen molar-refractivity contribution in [3.63, 3.8) is 0 Å². The lowest BCUT2D eigenvalue weighted by Crippen LogP contribution is -2.15. The van der Waals surface area contributed by atoms with Gasteiger partial charge in [0.25, 0.3) is 5.91 Å². The number of para-hydroxylation sites is 1. The lowest BCUT2D eigenvalue weighted by molar-refractivity contribution is 0.102. The molecule has 34 heavy (non-hydrogen) atoms. The minimum atomic E-state index is -0.177. The Balaban J connectivity index is 1.49. The molecule has 0 aliphatic heterocycles. The molecule has 1 amide bonds. The minimum Gasteiger partial charge on any atom is -0.298 e. The summed E-state index contributed by atoms with van der Waals surface area (Å²) in [5, 5.41) is 6.42. The Labute approximate surface area is 203 Å². The van der Waals surface area contributed by atoms with Crippen molar-refractivity contribution in [1.29, 1.82) is 0 Å². The Morgan fingerprint density at radius 2 is 1.56 bits per heavy atom. The number of amides is 1. The van der Waals surface area contributed by atoms with Gasteiger partial charge in [-0.3, -0.25) is 10.1 Å². The first-order valence-electron chi connectivity index (χ1n) is 11.3. The molecule has 0 aliphatic carbocycles. The average molecular weight is 464 g/mol. The number of thiazole rings is 1. The second kappa shape index (κ2) is 9.20. The Hall–Kier alpha value is -3.83. The molecule has 0 spiro atoms. The Kier molecular flexibility index (Phi) is 5.95. The number of hydrogen-bond acceptors (Lipinski definition) is 4. The van der Waals surface area contributed by atoms with Crippen LogP contribution in [0.2, 0.25) is 0 Å². The highest BCUT2D eigenvalue weighted by molar-refractivity contribution is 7.14. The van der Waals surface area contributed by atoms with E-state index in [1.54, 1.807) is 0 Å². The Morgan fingerprint density at radius 3 is 2.29 bits per heavy atom. The van der Waals surface area contributed by atoms with Gasteiger partial charge in [0.15, 0.2) is 5.13 Å². The van der Waals surface area contributed by atoms with Gasteiger partial charge in [-0.15, -0.1) is 11.3 Å². The number of carbonyl (C=O) groups is 1. The molecule has 3 aromatic carbocycles. The van der Waals surface area contributed by atoms with Crippen molar-refractivity contribution in [3.05, 3.63) is 101 Å². The Bertz CT molecular complexity index is 1470. The van der Waals surface area contributed by atoms with Crippen molar-refractivity contribution < 1.29 is 4.79 Å². The number of carbonyl (C=O) groups excluding carboxylic acids is 1. The van der Waals surface area contributed by atoms with Crippen molar-refractivity contribution in [2.45, 2.75) is 26.7 Å². The van der Waals surface area contributed by atoms with Crippen LogP contribution in [0.15, 0.2) is 84.2 Å². The Morgan fingerprint density at radius 1 is 0.853 bits per heavy atom. The molecule has 0 radical (unpaired) electrons. The summed E-state index contributed by atoms with van der Waals surface area (Å²) in [4.78, 5) is 23.1. The number of rotatable bonds is 5. The average Bonchev–Trinajstić information content (AvgIpc) is 3.32. The summed E-state index contributed by atoms with van der Waals surface area (Å²) in [6.45, 7) is 6.32. The van der Waals surface area contributed by atoms with Gasteiger partial charge >= 0.3 is 0 Å². The SMILES string of the molecule is Cc1c(-c2ccccc2)nc2ccccc2c1C(=O)Nc1nc(-c2ccc(C(C)C)cc2)cs1. The van der Waals surface area contributed by atoms with Gasteiger partial charge in [0, 0.05) is 21.9 Å². The van der Waals surface area contributed by atoms with Crippen LogP contribution in [0, 0.1) is 6.92 Å². The largest absolute Gasteiger partial charge is 0.298 e. The van der Waals surface area contributed by atoms with Gasteiger partial charge in [0.2, 0.25) is 0 Å². The summed E-state index contributed by atoms with van der Waals surface area (Å²) >= 11 is 1.43. The van der Waals surface area contributed by atoms with E-state index >= 15 is 0 Å². The summed E-state index contributed by atoms with van der Waals surface area (Å²) in [5.74, 6) is 0.308. The topological polar surface area (TPSA) is 54.9 Å². The van der Waals surface area contributed by atoms with Crippen LogP contribution in [0.1, 0.15) is 41.3 Å². The number of hydrogen-bond donors (Lipinski definition) is 1. The highest BCUT2D eigenvalue weighted by atomic mass is 32.1. The van der Waals surface area contributed by atoms with E-state index in [4.69, 9.17) is 4.98 Å². The molecule has 5 rings (SSSR count). The van der Waals surface area contributed by atoms with Gasteiger partial charge < -0.3 is 0 Å². The molecular formula is C29H25N3OS. The first-order chi connectivity index (χ1) is 16.5. The molecule has 1 N–H and O–H groups in total. The fraction of sp³-hybridized carbons (Fsp3) is 0.138. The number of fused-ring (bicyclic) bond motifs is 1. The van der Waals surface area contributed by atoms with Gasteiger partial charge in [-0.2, -0.15) is 0 Å². The maximum Gasteiger partial charge on any atom is 0.258 e. The smallest absolute Gasteiger partial charge is 0.258 e. The molecule has 4 nitrogen and oxygen atoms in total. The number of nitrogens with one attached hydrogen (secondary N) is 1. The molecule has 0 unspecified atom stereocenters. The van der Waals surface area contributed by atoms with E-state index in [0.29, 0.717) is 16.6 Å². The third-order valence-corrected chi connectivity index (χ3v) is 6.77. The van der Waals surface area contributed by atoms with Gasteiger partial charge in [-0.25, -0.2) is 9.97 Å². The van der Waals surface area contributed by atoms with E-state index in [0.717, 1.165) is 39.0 Å². The molecule has 2 heterocycles. The van der Waals surface area contributed by atoms with Crippen molar-refractivity contribution in [2.24, 2.45) is 0 Å². The minimum absolute atomic E-state index is 0.177. The molecular weight excluding hydrogens is 438 g/mol. The molecule has 0 saturated heterocycles. The lowest BCUT2D eigenvalue weighted by atomic mass is 9.97. The summed E-state index contributed by atoms with van der Waals surface area (Å²) < 4.78 is 0. The number of pyridine rings is 1. The summed E-state index contributed by atoms with van der Waals surface area (Å²) in [5.41, 5.74) is 7.26. The van der Waals surface area contributed by atoms with Crippen molar-refractivity contribution in [3.8, 4) is 22.5 Å². The van der Waals surface area contributed by atoms with E-state index in [1.165, 1.54) is 16.9 Å². The molecule has 2 aromatic heterocycles. The highest BCUT2D eigenvalue weighted by Gasteiger charge is 2.20. The van der Waals surface area contributed by atoms with E-state index in [2.05, 4.69) is 48.4 Å². The molecule has 0 atom stereocenters. The number of aromatic nitrogens is 2. The zero-order valence-electron chi connectivity index (χ0n) is 19.4. The predicted molar refractivity (Wildman–Crippen MR) is 142 cm³/mol. The van der Waals surface area contributed by atoms with Crippen molar-refractivity contribution in [2.75, 3.05) is 5.32 Å². The van der Waals surface area contributed by atoms with Gasteiger partial charge in [-0.05, 0) is 30.0 Å². The first kappa shape index (κ1) is 22.0. The van der Waals surface area contributed by atoms with Crippen molar-refractivity contribution >= 4 is 33.3 Å². The molecule has 0 fully saturated rings. The molecule has 5 aromatic rings. The van der Waals surface area contributed by atoms with Crippen LogP contribution in [0.3, 0.4) is 0 Å². The van der Waals surface area contributed by atoms with Crippen LogP contribution in [0.4, 0.5) is 5.13 Å². The van der Waals surface area contributed by atoms with Crippen LogP contribution in [0.5, 0.6) is 0 Å². The number of anilines is 1.